The molecular formula is C15H18ClN3O2. The summed E-state index contributed by atoms with van der Waals surface area (Å²) < 4.78 is 7.07. The van der Waals surface area contributed by atoms with Crippen LogP contribution in [0.4, 0.5) is 0 Å². The molecule has 0 aliphatic rings. The second-order valence-electron chi connectivity index (χ2n) is 4.93. The van der Waals surface area contributed by atoms with Crippen molar-refractivity contribution in [1.82, 2.24) is 14.8 Å². The van der Waals surface area contributed by atoms with E-state index in [4.69, 9.17) is 16.3 Å². The second-order valence-corrected chi connectivity index (χ2v) is 5.36. The van der Waals surface area contributed by atoms with Gasteiger partial charge in [-0.1, -0.05) is 23.7 Å². The summed E-state index contributed by atoms with van der Waals surface area (Å²) in [6, 6.07) is 7.27. The van der Waals surface area contributed by atoms with Crippen LogP contribution in [-0.4, -0.2) is 27.3 Å². The van der Waals surface area contributed by atoms with E-state index in [9.17, 15) is 4.79 Å². The Balaban J connectivity index is 2.48. The minimum absolute atomic E-state index is 0.152. The van der Waals surface area contributed by atoms with Gasteiger partial charge in [-0.2, -0.15) is 0 Å². The Morgan fingerprint density at radius 2 is 2.00 bits per heavy atom. The van der Waals surface area contributed by atoms with Gasteiger partial charge >= 0.3 is 5.97 Å². The third-order valence-corrected chi connectivity index (χ3v) is 3.39. The molecule has 0 fully saturated rings. The van der Waals surface area contributed by atoms with Gasteiger partial charge in [0.2, 0.25) is 0 Å². The summed E-state index contributed by atoms with van der Waals surface area (Å²) in [6.07, 6.45) is 1.63. The highest BCUT2D eigenvalue weighted by Crippen LogP contribution is 2.27. The smallest absolute Gasteiger partial charge is 0.321 e. The quantitative estimate of drug-likeness (QED) is 0.796. The van der Waals surface area contributed by atoms with Gasteiger partial charge in [0, 0.05) is 11.1 Å². The molecular weight excluding hydrogens is 290 g/mol. The highest BCUT2D eigenvalue weighted by Gasteiger charge is 2.29. The molecule has 1 unspecified atom stereocenters. The van der Waals surface area contributed by atoms with E-state index < -0.39 is 5.92 Å². The van der Waals surface area contributed by atoms with E-state index in [1.54, 1.807) is 25.4 Å². The van der Waals surface area contributed by atoms with Gasteiger partial charge in [0.25, 0.3) is 0 Å². The normalized spacial score (nSPS) is 12.4. The molecule has 5 nitrogen and oxygen atoms in total. The Morgan fingerprint density at radius 1 is 1.33 bits per heavy atom. The van der Waals surface area contributed by atoms with E-state index in [1.165, 1.54) is 0 Å². The van der Waals surface area contributed by atoms with Crippen LogP contribution < -0.4 is 0 Å². The maximum Gasteiger partial charge on any atom is 0.321 e. The third-order valence-electron chi connectivity index (χ3n) is 3.14. The summed E-state index contributed by atoms with van der Waals surface area (Å²) >= 11 is 5.91. The number of hydrogen-bond acceptors (Lipinski definition) is 4. The zero-order valence-corrected chi connectivity index (χ0v) is 13.0. The Kier molecular flexibility index (Phi) is 4.96. The van der Waals surface area contributed by atoms with Crippen LogP contribution in [0.15, 0.2) is 30.6 Å². The first kappa shape index (κ1) is 15.5. The number of esters is 1. The molecule has 6 heteroatoms. The molecule has 1 heterocycles. The Labute approximate surface area is 128 Å². The van der Waals surface area contributed by atoms with E-state index in [0.29, 0.717) is 17.5 Å². The summed E-state index contributed by atoms with van der Waals surface area (Å²) in [4.78, 5) is 12.4. The molecule has 2 aromatic rings. The van der Waals surface area contributed by atoms with Gasteiger partial charge < -0.3 is 9.30 Å². The van der Waals surface area contributed by atoms with Crippen LogP contribution in [0.3, 0.4) is 0 Å². The van der Waals surface area contributed by atoms with Crippen molar-refractivity contribution in [2.24, 2.45) is 0 Å². The number of rotatable bonds is 5. The van der Waals surface area contributed by atoms with Crippen molar-refractivity contribution in [1.29, 1.82) is 0 Å². The SMILES string of the molecule is CCOC(=O)C(c1ccc(Cl)cc1)c1nncn1C(C)C. The minimum Gasteiger partial charge on any atom is -0.465 e. The van der Waals surface area contributed by atoms with Crippen LogP contribution in [0.25, 0.3) is 0 Å². The first-order valence-electron chi connectivity index (χ1n) is 6.86. The molecule has 0 saturated heterocycles. The fraction of sp³-hybridized carbons (Fsp3) is 0.400. The lowest BCUT2D eigenvalue weighted by Crippen LogP contribution is -2.22. The Morgan fingerprint density at radius 3 is 2.57 bits per heavy atom. The number of carbonyl (C=O) groups is 1. The minimum atomic E-state index is -0.605. The van der Waals surface area contributed by atoms with Crippen LogP contribution in [0.5, 0.6) is 0 Å². The van der Waals surface area contributed by atoms with Gasteiger partial charge in [-0.25, -0.2) is 0 Å². The van der Waals surface area contributed by atoms with Gasteiger partial charge in [-0.05, 0) is 38.5 Å². The lowest BCUT2D eigenvalue weighted by molar-refractivity contribution is -0.144. The standard InChI is InChI=1S/C15H18ClN3O2/c1-4-21-15(20)13(11-5-7-12(16)8-6-11)14-18-17-9-19(14)10(2)3/h5-10,13H,4H2,1-3H3. The van der Waals surface area contributed by atoms with E-state index in [0.717, 1.165) is 5.56 Å². The number of carbonyl (C=O) groups excluding carboxylic acids is 1. The molecule has 0 aliphatic heterocycles. The topological polar surface area (TPSA) is 57.0 Å². The Bertz CT molecular complexity index is 608. The highest BCUT2D eigenvalue weighted by atomic mass is 35.5. The predicted octanol–water partition coefficient (Wildman–Crippen LogP) is 3.21. The predicted molar refractivity (Wildman–Crippen MR) is 80.3 cm³/mol. The molecule has 1 aromatic carbocycles. The van der Waals surface area contributed by atoms with Crippen molar-refractivity contribution < 1.29 is 9.53 Å². The number of hydrogen-bond donors (Lipinski definition) is 0. The van der Waals surface area contributed by atoms with E-state index in [-0.39, 0.29) is 12.0 Å². The monoisotopic (exact) mass is 307 g/mol. The maximum absolute atomic E-state index is 12.4. The average Bonchev–Trinajstić information content (AvgIpc) is 2.91. The van der Waals surface area contributed by atoms with Crippen LogP contribution in [0.2, 0.25) is 5.02 Å². The molecule has 0 spiro atoms. The highest BCUT2D eigenvalue weighted by molar-refractivity contribution is 6.30. The van der Waals surface area contributed by atoms with Crippen molar-refractivity contribution in [3.63, 3.8) is 0 Å². The number of nitrogens with zero attached hydrogens (tertiary/aromatic N) is 3. The first-order chi connectivity index (χ1) is 10.0. The van der Waals surface area contributed by atoms with E-state index in [1.807, 2.05) is 30.5 Å². The molecule has 1 aromatic heterocycles. The summed E-state index contributed by atoms with van der Waals surface area (Å²) in [5.74, 6) is -0.368. The third kappa shape index (κ3) is 3.42. The molecule has 0 N–H and O–H groups in total. The maximum atomic E-state index is 12.4. The number of halogens is 1. The van der Waals surface area contributed by atoms with Crippen LogP contribution in [0.1, 0.15) is 44.1 Å². The molecule has 0 saturated carbocycles. The van der Waals surface area contributed by atoms with Gasteiger partial charge in [0.05, 0.1) is 6.61 Å². The zero-order valence-electron chi connectivity index (χ0n) is 12.3. The molecule has 0 bridgehead atoms. The van der Waals surface area contributed by atoms with Crippen molar-refractivity contribution in [2.45, 2.75) is 32.7 Å². The molecule has 21 heavy (non-hydrogen) atoms. The van der Waals surface area contributed by atoms with Crippen molar-refractivity contribution in [3.8, 4) is 0 Å². The molecule has 2 rings (SSSR count). The van der Waals surface area contributed by atoms with Crippen LogP contribution in [0, 0.1) is 0 Å². The average molecular weight is 308 g/mol. The van der Waals surface area contributed by atoms with Crippen LogP contribution in [-0.2, 0) is 9.53 Å². The fourth-order valence-electron chi connectivity index (χ4n) is 2.13. The number of aromatic nitrogens is 3. The van der Waals surface area contributed by atoms with Crippen molar-refractivity contribution in [3.05, 3.63) is 47.0 Å². The van der Waals surface area contributed by atoms with E-state index >= 15 is 0 Å². The molecule has 112 valence electrons. The summed E-state index contributed by atoms with van der Waals surface area (Å²) in [5.41, 5.74) is 0.785. The molecule has 0 radical (unpaired) electrons. The van der Waals surface area contributed by atoms with Crippen molar-refractivity contribution >= 4 is 17.6 Å². The number of ether oxygens (including phenoxy) is 1. The van der Waals surface area contributed by atoms with Crippen molar-refractivity contribution in [2.75, 3.05) is 6.61 Å². The summed E-state index contributed by atoms with van der Waals surface area (Å²) in [7, 11) is 0. The zero-order chi connectivity index (χ0) is 15.4. The van der Waals surface area contributed by atoms with Gasteiger partial charge in [0.15, 0.2) is 5.82 Å². The Hall–Kier alpha value is -1.88. The summed E-state index contributed by atoms with van der Waals surface area (Å²) in [5, 5.41) is 8.67. The molecule has 1 atom stereocenters. The molecule has 0 amide bonds. The van der Waals surface area contributed by atoms with Crippen LogP contribution >= 0.6 is 11.6 Å². The van der Waals surface area contributed by atoms with E-state index in [2.05, 4.69) is 10.2 Å². The van der Waals surface area contributed by atoms with Gasteiger partial charge in [-0.3, -0.25) is 4.79 Å². The lowest BCUT2D eigenvalue weighted by atomic mass is 9.98. The fourth-order valence-corrected chi connectivity index (χ4v) is 2.25. The first-order valence-corrected chi connectivity index (χ1v) is 7.23. The summed E-state index contributed by atoms with van der Waals surface area (Å²) in [6.45, 7) is 6.12. The van der Waals surface area contributed by atoms with Gasteiger partial charge in [-0.15, -0.1) is 10.2 Å². The number of benzene rings is 1. The molecule has 0 aliphatic carbocycles. The second kappa shape index (κ2) is 6.72. The lowest BCUT2D eigenvalue weighted by Gasteiger charge is -2.18. The largest absolute Gasteiger partial charge is 0.465 e. The van der Waals surface area contributed by atoms with Gasteiger partial charge in [0.1, 0.15) is 12.2 Å².